The van der Waals surface area contributed by atoms with Gasteiger partial charge in [-0.3, -0.25) is 4.90 Å². The molecule has 3 heterocycles. The van der Waals surface area contributed by atoms with Gasteiger partial charge in [-0.15, -0.1) is 5.10 Å². The Bertz CT molecular complexity index is 787. The SMILES string of the molecule is O=C1OCCN1Cn1cc(-c2ccc([C@]34CNC[C@@H]3C4)cc2)nn1. The third-order valence-electron chi connectivity index (χ3n) is 5.52. The number of carbonyl (C=O) groups is 1. The molecular formula is C17H19N5O2. The molecule has 0 unspecified atom stereocenters. The van der Waals surface area contributed by atoms with Crippen LogP contribution in [0.15, 0.2) is 30.5 Å². The zero-order valence-corrected chi connectivity index (χ0v) is 13.3. The molecule has 7 nitrogen and oxygen atoms in total. The summed E-state index contributed by atoms with van der Waals surface area (Å²) >= 11 is 0. The summed E-state index contributed by atoms with van der Waals surface area (Å²) in [5.74, 6) is 0.810. The second-order valence-electron chi connectivity index (χ2n) is 6.93. The molecule has 1 aliphatic carbocycles. The highest BCUT2D eigenvalue weighted by Gasteiger charge is 2.57. The van der Waals surface area contributed by atoms with Gasteiger partial charge in [0, 0.05) is 17.5 Å². The van der Waals surface area contributed by atoms with Crippen molar-refractivity contribution in [2.75, 3.05) is 26.2 Å². The third kappa shape index (κ3) is 2.11. The largest absolute Gasteiger partial charge is 0.447 e. The summed E-state index contributed by atoms with van der Waals surface area (Å²) in [7, 11) is 0. The van der Waals surface area contributed by atoms with Crippen LogP contribution in [0.25, 0.3) is 11.3 Å². The maximum Gasteiger partial charge on any atom is 0.411 e. The van der Waals surface area contributed by atoms with E-state index in [4.69, 9.17) is 4.74 Å². The topological polar surface area (TPSA) is 72.3 Å². The first-order chi connectivity index (χ1) is 11.7. The van der Waals surface area contributed by atoms with Crippen LogP contribution in [0.1, 0.15) is 12.0 Å². The highest BCUT2D eigenvalue weighted by atomic mass is 16.6. The first-order valence-corrected chi connectivity index (χ1v) is 8.38. The van der Waals surface area contributed by atoms with Gasteiger partial charge in [0.25, 0.3) is 0 Å². The average Bonchev–Trinajstić information content (AvgIpc) is 3.00. The van der Waals surface area contributed by atoms with E-state index in [0.29, 0.717) is 25.2 Å². The van der Waals surface area contributed by atoms with Gasteiger partial charge in [-0.2, -0.15) is 0 Å². The third-order valence-corrected chi connectivity index (χ3v) is 5.52. The summed E-state index contributed by atoms with van der Waals surface area (Å²) in [6.07, 6.45) is 2.89. The molecule has 1 N–H and O–H groups in total. The quantitative estimate of drug-likeness (QED) is 0.915. The Morgan fingerprint density at radius 1 is 1.33 bits per heavy atom. The summed E-state index contributed by atoms with van der Waals surface area (Å²) in [5, 5.41) is 11.8. The lowest BCUT2D eigenvalue weighted by molar-refractivity contribution is 0.149. The number of fused-ring (bicyclic) bond motifs is 1. The lowest BCUT2D eigenvalue weighted by Gasteiger charge is -2.12. The molecule has 0 bridgehead atoms. The van der Waals surface area contributed by atoms with E-state index in [0.717, 1.165) is 30.3 Å². The number of piperidine rings is 1. The summed E-state index contributed by atoms with van der Waals surface area (Å²) in [5.41, 5.74) is 3.68. The molecule has 2 aromatic rings. The Hall–Kier alpha value is -2.41. The molecule has 1 aromatic heterocycles. The van der Waals surface area contributed by atoms with Crippen LogP contribution in [0, 0.1) is 5.92 Å². The van der Waals surface area contributed by atoms with E-state index in [2.05, 4.69) is 39.9 Å². The number of nitrogens with zero attached hydrogens (tertiary/aromatic N) is 4. The van der Waals surface area contributed by atoms with E-state index in [1.54, 1.807) is 9.58 Å². The predicted molar refractivity (Wildman–Crippen MR) is 86.2 cm³/mol. The molecule has 1 aromatic carbocycles. The van der Waals surface area contributed by atoms with Crippen molar-refractivity contribution in [2.45, 2.75) is 18.5 Å². The van der Waals surface area contributed by atoms with Crippen LogP contribution < -0.4 is 5.32 Å². The Morgan fingerprint density at radius 2 is 2.21 bits per heavy atom. The number of ether oxygens (including phenoxy) is 1. The number of aromatic nitrogens is 3. The van der Waals surface area contributed by atoms with Crippen molar-refractivity contribution in [2.24, 2.45) is 5.92 Å². The summed E-state index contributed by atoms with van der Waals surface area (Å²) in [4.78, 5) is 13.1. The predicted octanol–water partition coefficient (Wildman–Crippen LogP) is 1.22. The maximum absolute atomic E-state index is 11.5. The van der Waals surface area contributed by atoms with Gasteiger partial charge >= 0.3 is 6.09 Å². The number of carbonyl (C=O) groups excluding carboxylic acids is 1. The lowest BCUT2D eigenvalue weighted by Crippen LogP contribution is -2.27. The molecule has 3 aliphatic rings. The minimum atomic E-state index is -0.292. The Labute approximate surface area is 139 Å². The van der Waals surface area contributed by atoms with E-state index in [-0.39, 0.29) is 6.09 Å². The zero-order valence-electron chi connectivity index (χ0n) is 13.3. The second-order valence-corrected chi connectivity index (χ2v) is 6.93. The monoisotopic (exact) mass is 325 g/mol. The van der Waals surface area contributed by atoms with Crippen molar-refractivity contribution in [1.82, 2.24) is 25.2 Å². The first kappa shape index (κ1) is 14.0. The van der Waals surface area contributed by atoms with Crippen molar-refractivity contribution in [3.05, 3.63) is 36.0 Å². The van der Waals surface area contributed by atoms with Gasteiger partial charge in [-0.05, 0) is 24.4 Å². The molecule has 2 atom stereocenters. The number of amides is 1. The Balaban J connectivity index is 1.33. The fourth-order valence-corrected chi connectivity index (χ4v) is 3.99. The van der Waals surface area contributed by atoms with Gasteiger partial charge in [0.15, 0.2) is 0 Å². The standard InChI is InChI=1S/C17H19N5O2/c23-16-21(5-6-24-16)11-22-9-15(19-20-22)12-1-3-13(4-2-12)17-7-14(17)8-18-10-17/h1-4,9,14,18H,5-8,10-11H2/t14-,17-/m0/s1. The number of hydrogen-bond donors (Lipinski definition) is 1. The summed E-state index contributed by atoms with van der Waals surface area (Å²) < 4.78 is 6.60. The van der Waals surface area contributed by atoms with Crippen molar-refractivity contribution in [1.29, 1.82) is 0 Å². The molecule has 1 saturated carbocycles. The number of rotatable bonds is 4. The van der Waals surface area contributed by atoms with Crippen LogP contribution in [0.4, 0.5) is 4.79 Å². The minimum Gasteiger partial charge on any atom is -0.447 e. The number of hydrogen-bond acceptors (Lipinski definition) is 5. The fraction of sp³-hybridized carbons (Fsp3) is 0.471. The smallest absolute Gasteiger partial charge is 0.411 e. The average molecular weight is 325 g/mol. The van der Waals surface area contributed by atoms with Crippen molar-refractivity contribution >= 4 is 6.09 Å². The van der Waals surface area contributed by atoms with Crippen LogP contribution in [0.3, 0.4) is 0 Å². The highest BCUT2D eigenvalue weighted by Crippen LogP contribution is 2.56. The van der Waals surface area contributed by atoms with Crippen LogP contribution in [0.2, 0.25) is 0 Å². The van der Waals surface area contributed by atoms with Gasteiger partial charge in [0.1, 0.15) is 19.0 Å². The van der Waals surface area contributed by atoms with Crippen molar-refractivity contribution in [3.8, 4) is 11.3 Å². The molecule has 0 radical (unpaired) electrons. The normalized spacial score (nSPS) is 28.1. The van der Waals surface area contributed by atoms with Crippen molar-refractivity contribution < 1.29 is 9.53 Å². The molecule has 124 valence electrons. The fourth-order valence-electron chi connectivity index (χ4n) is 3.99. The van der Waals surface area contributed by atoms with Gasteiger partial charge in [-0.25, -0.2) is 9.48 Å². The van der Waals surface area contributed by atoms with Gasteiger partial charge in [0.2, 0.25) is 0 Å². The van der Waals surface area contributed by atoms with Gasteiger partial charge in [-0.1, -0.05) is 29.5 Å². The number of benzene rings is 1. The van der Waals surface area contributed by atoms with Crippen LogP contribution in [-0.2, 0) is 16.8 Å². The van der Waals surface area contributed by atoms with Crippen molar-refractivity contribution in [3.63, 3.8) is 0 Å². The van der Waals surface area contributed by atoms with Crippen LogP contribution >= 0.6 is 0 Å². The first-order valence-electron chi connectivity index (χ1n) is 8.38. The van der Waals surface area contributed by atoms with E-state index in [1.165, 1.54) is 12.0 Å². The number of cyclic esters (lactones) is 1. The molecular weight excluding hydrogens is 306 g/mol. The molecule has 7 heteroatoms. The molecule has 2 saturated heterocycles. The van der Waals surface area contributed by atoms with E-state index in [1.807, 2.05) is 6.20 Å². The second kappa shape index (κ2) is 5.04. The van der Waals surface area contributed by atoms with E-state index in [9.17, 15) is 4.79 Å². The molecule has 1 amide bonds. The lowest BCUT2D eigenvalue weighted by atomic mass is 9.94. The number of nitrogens with one attached hydrogen (secondary N) is 1. The summed E-state index contributed by atoms with van der Waals surface area (Å²) in [6.45, 7) is 3.66. The zero-order chi connectivity index (χ0) is 16.1. The minimum absolute atomic E-state index is 0.292. The van der Waals surface area contributed by atoms with Gasteiger partial charge in [0.05, 0.1) is 12.7 Å². The molecule has 24 heavy (non-hydrogen) atoms. The van der Waals surface area contributed by atoms with Crippen LogP contribution in [0.5, 0.6) is 0 Å². The Kier molecular flexibility index (Phi) is 2.94. The van der Waals surface area contributed by atoms with Gasteiger partial charge < -0.3 is 10.1 Å². The molecule has 0 spiro atoms. The Morgan fingerprint density at radius 3 is 2.88 bits per heavy atom. The van der Waals surface area contributed by atoms with Crippen LogP contribution in [-0.4, -0.2) is 52.2 Å². The summed E-state index contributed by atoms with van der Waals surface area (Å²) in [6, 6.07) is 8.69. The van der Waals surface area contributed by atoms with E-state index < -0.39 is 0 Å². The molecule has 5 rings (SSSR count). The molecule has 2 aliphatic heterocycles. The maximum atomic E-state index is 11.5. The highest BCUT2D eigenvalue weighted by molar-refractivity contribution is 5.68. The van der Waals surface area contributed by atoms with E-state index >= 15 is 0 Å². The molecule has 3 fully saturated rings.